The van der Waals surface area contributed by atoms with Gasteiger partial charge in [0.15, 0.2) is 5.78 Å². The lowest BCUT2D eigenvalue weighted by molar-refractivity contribution is -0.172. The maximum atomic E-state index is 12.6. The molecule has 2 heterocycles. The molecule has 0 aromatic carbocycles. The Bertz CT molecular complexity index is 483. The molecule has 2 bridgehead atoms. The van der Waals surface area contributed by atoms with Crippen molar-refractivity contribution in [3.05, 3.63) is 0 Å². The molecule has 3 rings (SSSR count). The Labute approximate surface area is 173 Å². The van der Waals surface area contributed by atoms with Crippen LogP contribution in [-0.4, -0.2) is 18.0 Å². The molecule has 5 atom stereocenters. The number of unbranched alkanes of at least 4 members (excludes halogenated alkanes) is 7. The van der Waals surface area contributed by atoms with Crippen LogP contribution >= 0.6 is 0 Å². The maximum absolute atomic E-state index is 12.6. The minimum Gasteiger partial charge on any atom is -0.367 e. The van der Waals surface area contributed by atoms with E-state index >= 15 is 0 Å². The van der Waals surface area contributed by atoms with Gasteiger partial charge in [-0.05, 0) is 50.4 Å². The Morgan fingerprint density at radius 2 is 1.68 bits per heavy atom. The van der Waals surface area contributed by atoms with Crippen LogP contribution < -0.4 is 0 Å². The van der Waals surface area contributed by atoms with Crippen molar-refractivity contribution >= 4 is 5.78 Å². The Hall–Kier alpha value is -0.880. The normalized spacial score (nSPS) is 27.5. The average molecular weight is 390 g/mol. The minimum atomic E-state index is -0.124. The molecule has 0 radical (unpaired) electrons. The number of Topliss-reactive ketones (excluding diaryl/α,β-unsaturated/α-hetero) is 1. The number of rotatable bonds is 15. The van der Waals surface area contributed by atoms with E-state index in [1.807, 2.05) is 0 Å². The summed E-state index contributed by atoms with van der Waals surface area (Å²) in [5.41, 5.74) is 0. The molecule has 0 N–H and O–H groups in total. The van der Waals surface area contributed by atoms with E-state index in [1.54, 1.807) is 0 Å². The van der Waals surface area contributed by atoms with Crippen LogP contribution in [0.1, 0.15) is 117 Å². The standard InChI is InChI=1S/C25H43NO2/c1-3-5-6-7-8-9-10-13-20(19-26)14-11-12-15-23(27)25-22-16-17-24(28-25)21(4-2)18-22/h20-22,24-25H,3-18H2,1-2H3. The van der Waals surface area contributed by atoms with Crippen molar-refractivity contribution in [3.8, 4) is 6.07 Å². The monoisotopic (exact) mass is 389 g/mol. The van der Waals surface area contributed by atoms with Crippen molar-refractivity contribution in [2.24, 2.45) is 17.8 Å². The molecule has 2 saturated heterocycles. The number of fused-ring (bicyclic) bond motifs is 3. The largest absolute Gasteiger partial charge is 0.367 e. The van der Waals surface area contributed by atoms with Crippen molar-refractivity contribution in [2.45, 2.75) is 129 Å². The number of carbonyl (C=O) groups excluding carboxylic acids is 1. The van der Waals surface area contributed by atoms with E-state index < -0.39 is 0 Å². The number of ketones is 1. The summed E-state index contributed by atoms with van der Waals surface area (Å²) in [7, 11) is 0. The van der Waals surface area contributed by atoms with E-state index in [0.29, 0.717) is 30.1 Å². The molecule has 3 fully saturated rings. The van der Waals surface area contributed by atoms with Crippen molar-refractivity contribution in [3.63, 3.8) is 0 Å². The highest BCUT2D eigenvalue weighted by Gasteiger charge is 2.44. The lowest BCUT2D eigenvalue weighted by atomic mass is 9.71. The van der Waals surface area contributed by atoms with Gasteiger partial charge in [0.2, 0.25) is 0 Å². The molecule has 5 unspecified atom stereocenters. The van der Waals surface area contributed by atoms with Crippen molar-refractivity contribution in [2.75, 3.05) is 0 Å². The van der Waals surface area contributed by atoms with Crippen molar-refractivity contribution in [1.29, 1.82) is 5.26 Å². The van der Waals surface area contributed by atoms with Gasteiger partial charge >= 0.3 is 0 Å². The first kappa shape index (κ1) is 23.4. The number of hydrogen-bond acceptors (Lipinski definition) is 3. The predicted molar refractivity (Wildman–Crippen MR) is 115 cm³/mol. The Morgan fingerprint density at radius 1 is 1.00 bits per heavy atom. The van der Waals surface area contributed by atoms with E-state index in [2.05, 4.69) is 19.9 Å². The van der Waals surface area contributed by atoms with Crippen LogP contribution in [0, 0.1) is 29.1 Å². The number of carbonyl (C=O) groups is 1. The fourth-order valence-corrected chi connectivity index (χ4v) is 5.25. The molecule has 2 aliphatic heterocycles. The van der Waals surface area contributed by atoms with E-state index in [4.69, 9.17) is 4.74 Å². The molecule has 3 nitrogen and oxygen atoms in total. The molecule has 0 aromatic heterocycles. The Morgan fingerprint density at radius 3 is 2.29 bits per heavy atom. The second kappa shape index (κ2) is 13.4. The first-order chi connectivity index (χ1) is 13.7. The number of nitrogens with zero attached hydrogens (tertiary/aromatic N) is 1. The molecular formula is C25H43NO2. The van der Waals surface area contributed by atoms with Crippen LogP contribution in [0.15, 0.2) is 0 Å². The zero-order chi connectivity index (χ0) is 20.2. The summed E-state index contributed by atoms with van der Waals surface area (Å²) in [5.74, 6) is 1.64. The number of ether oxygens (including phenoxy) is 1. The van der Waals surface area contributed by atoms with Crippen LogP contribution in [0.2, 0.25) is 0 Å². The van der Waals surface area contributed by atoms with Gasteiger partial charge in [0.25, 0.3) is 0 Å². The van der Waals surface area contributed by atoms with E-state index in [0.717, 1.165) is 32.1 Å². The third-order valence-electron chi connectivity index (χ3n) is 7.11. The van der Waals surface area contributed by atoms with Crippen LogP contribution in [0.25, 0.3) is 0 Å². The topological polar surface area (TPSA) is 50.1 Å². The predicted octanol–water partition coefficient (Wildman–Crippen LogP) is 6.99. The molecule has 160 valence electrons. The van der Waals surface area contributed by atoms with Gasteiger partial charge in [0.05, 0.1) is 12.2 Å². The van der Waals surface area contributed by atoms with Crippen LogP contribution in [-0.2, 0) is 9.53 Å². The summed E-state index contributed by atoms with van der Waals surface area (Å²) in [6, 6.07) is 2.49. The van der Waals surface area contributed by atoms with Crippen LogP contribution in [0.5, 0.6) is 0 Å². The summed E-state index contributed by atoms with van der Waals surface area (Å²) in [6.07, 6.45) is 18.5. The molecular weight excluding hydrogens is 346 g/mol. The SMILES string of the molecule is CCCCCCCCCC(C#N)CCCCC(=O)C1OC2CCC1CC2CC. The minimum absolute atomic E-state index is 0.124. The molecule has 3 heteroatoms. The zero-order valence-corrected chi connectivity index (χ0v) is 18.5. The first-order valence-corrected chi connectivity index (χ1v) is 12.3. The third-order valence-corrected chi connectivity index (χ3v) is 7.11. The molecule has 28 heavy (non-hydrogen) atoms. The van der Waals surface area contributed by atoms with Gasteiger partial charge in [-0.3, -0.25) is 4.79 Å². The zero-order valence-electron chi connectivity index (χ0n) is 18.5. The van der Waals surface area contributed by atoms with Crippen molar-refractivity contribution in [1.82, 2.24) is 0 Å². The van der Waals surface area contributed by atoms with Gasteiger partial charge in [-0.15, -0.1) is 0 Å². The Balaban J connectivity index is 1.54. The summed E-state index contributed by atoms with van der Waals surface area (Å²) in [5, 5.41) is 9.39. The highest BCUT2D eigenvalue weighted by atomic mass is 16.5. The summed E-state index contributed by atoms with van der Waals surface area (Å²) in [6.45, 7) is 4.49. The lowest BCUT2D eigenvalue weighted by Crippen LogP contribution is -2.49. The molecule has 0 spiro atoms. The van der Waals surface area contributed by atoms with Gasteiger partial charge in [-0.25, -0.2) is 0 Å². The number of hydrogen-bond donors (Lipinski definition) is 0. The maximum Gasteiger partial charge on any atom is 0.161 e. The van der Waals surface area contributed by atoms with Crippen molar-refractivity contribution < 1.29 is 9.53 Å². The van der Waals surface area contributed by atoms with E-state index in [1.165, 1.54) is 64.2 Å². The molecule has 1 aliphatic carbocycles. The summed E-state index contributed by atoms with van der Waals surface area (Å²) in [4.78, 5) is 12.6. The quantitative estimate of drug-likeness (QED) is 0.284. The van der Waals surface area contributed by atoms with Gasteiger partial charge in [0.1, 0.15) is 6.10 Å². The van der Waals surface area contributed by atoms with Gasteiger partial charge < -0.3 is 4.74 Å². The van der Waals surface area contributed by atoms with E-state index in [9.17, 15) is 10.1 Å². The molecule has 0 aromatic rings. The van der Waals surface area contributed by atoms with E-state index in [-0.39, 0.29) is 12.0 Å². The fraction of sp³-hybridized carbons (Fsp3) is 0.920. The van der Waals surface area contributed by atoms with Gasteiger partial charge in [-0.1, -0.05) is 71.6 Å². The van der Waals surface area contributed by atoms with Gasteiger partial charge in [-0.2, -0.15) is 5.26 Å². The van der Waals surface area contributed by atoms with Crippen LogP contribution in [0.3, 0.4) is 0 Å². The first-order valence-electron chi connectivity index (χ1n) is 12.3. The molecule has 3 aliphatic rings. The lowest BCUT2D eigenvalue weighted by Gasteiger charge is -2.46. The second-order valence-electron chi connectivity index (χ2n) is 9.28. The fourth-order valence-electron chi connectivity index (χ4n) is 5.25. The average Bonchev–Trinajstić information content (AvgIpc) is 2.74. The van der Waals surface area contributed by atoms with Gasteiger partial charge in [0, 0.05) is 12.3 Å². The molecule has 0 amide bonds. The molecule has 1 saturated carbocycles. The number of nitriles is 1. The summed E-state index contributed by atoms with van der Waals surface area (Å²) < 4.78 is 6.15. The van der Waals surface area contributed by atoms with Crippen LogP contribution in [0.4, 0.5) is 0 Å². The third kappa shape index (κ3) is 7.51. The highest BCUT2D eigenvalue weighted by molar-refractivity contribution is 5.83. The second-order valence-corrected chi connectivity index (χ2v) is 9.28. The Kier molecular flexibility index (Phi) is 11.2. The smallest absolute Gasteiger partial charge is 0.161 e. The highest BCUT2D eigenvalue weighted by Crippen LogP contribution is 2.43. The summed E-state index contributed by atoms with van der Waals surface area (Å²) >= 11 is 0.